The molecule has 0 unspecified atom stereocenters. The van der Waals surface area contributed by atoms with Crippen molar-refractivity contribution in [2.75, 3.05) is 19.8 Å². The lowest BCUT2D eigenvalue weighted by Crippen LogP contribution is -2.25. The van der Waals surface area contributed by atoms with E-state index in [9.17, 15) is 4.79 Å². The number of nitrogens with one attached hydrogen (secondary N) is 1. The summed E-state index contributed by atoms with van der Waals surface area (Å²) in [6.07, 6.45) is 4.31. The van der Waals surface area contributed by atoms with Crippen LogP contribution in [0, 0.1) is 0 Å². The van der Waals surface area contributed by atoms with Gasteiger partial charge in [-0.15, -0.1) is 10.2 Å². The van der Waals surface area contributed by atoms with Crippen molar-refractivity contribution >= 4 is 11.6 Å². The molecule has 0 saturated heterocycles. The number of aryl methyl sites for hydroxylation is 1. The molecule has 1 aromatic carbocycles. The minimum atomic E-state index is -0.119. The first-order valence-electron chi connectivity index (χ1n) is 8.78. The summed E-state index contributed by atoms with van der Waals surface area (Å²) in [4.78, 5) is 12.3. The number of carbonyl (C=O) groups is 1. The van der Waals surface area contributed by atoms with Crippen LogP contribution in [0.25, 0.3) is 5.65 Å². The molecular weight excluding hydrogens is 332 g/mol. The van der Waals surface area contributed by atoms with Gasteiger partial charge in [0.05, 0.1) is 13.2 Å². The number of benzene rings is 1. The van der Waals surface area contributed by atoms with Gasteiger partial charge in [-0.3, -0.25) is 9.20 Å². The van der Waals surface area contributed by atoms with E-state index < -0.39 is 0 Å². The molecule has 3 aromatic rings. The van der Waals surface area contributed by atoms with Crippen LogP contribution in [0.1, 0.15) is 29.0 Å². The van der Waals surface area contributed by atoms with Crippen molar-refractivity contribution < 1.29 is 14.3 Å². The lowest BCUT2D eigenvalue weighted by Gasteiger charge is -2.09. The highest BCUT2D eigenvalue weighted by atomic mass is 16.5. The van der Waals surface area contributed by atoms with Crippen LogP contribution in [0.2, 0.25) is 0 Å². The number of carbonyl (C=O) groups excluding carboxylic acids is 1. The maximum Gasteiger partial charge on any atom is 0.251 e. The number of nitrogens with zero attached hydrogens (tertiary/aromatic N) is 3. The van der Waals surface area contributed by atoms with Crippen LogP contribution in [-0.4, -0.2) is 40.3 Å². The maximum absolute atomic E-state index is 12.3. The Hall–Kier alpha value is -3.09. The van der Waals surface area contributed by atoms with Crippen LogP contribution in [0.3, 0.4) is 0 Å². The van der Waals surface area contributed by atoms with Crippen molar-refractivity contribution in [2.24, 2.45) is 0 Å². The average molecular weight is 352 g/mol. The molecule has 0 spiro atoms. The van der Waals surface area contributed by atoms with Gasteiger partial charge in [0.25, 0.3) is 5.91 Å². The number of fused-ring (bicyclic) bond motifs is 2. The summed E-state index contributed by atoms with van der Waals surface area (Å²) in [6, 6.07) is 11.1. The molecule has 0 fully saturated rings. The maximum atomic E-state index is 12.3. The Kier molecular flexibility index (Phi) is 4.68. The van der Waals surface area contributed by atoms with E-state index >= 15 is 0 Å². The summed E-state index contributed by atoms with van der Waals surface area (Å²) in [5.41, 5.74) is 1.40. The van der Waals surface area contributed by atoms with Crippen molar-refractivity contribution in [1.29, 1.82) is 0 Å². The fraction of sp³-hybridized carbons (Fsp3) is 0.316. The first-order chi connectivity index (χ1) is 12.8. The van der Waals surface area contributed by atoms with Crippen molar-refractivity contribution in [3.8, 4) is 11.5 Å². The molecule has 7 nitrogen and oxygen atoms in total. The predicted octanol–water partition coefficient (Wildman–Crippen LogP) is 2.25. The molecule has 26 heavy (non-hydrogen) atoms. The molecule has 1 amide bonds. The van der Waals surface area contributed by atoms with Crippen LogP contribution in [0.15, 0.2) is 42.6 Å². The van der Waals surface area contributed by atoms with E-state index in [0.717, 1.165) is 30.7 Å². The lowest BCUT2D eigenvalue weighted by atomic mass is 10.2. The van der Waals surface area contributed by atoms with Crippen molar-refractivity contribution in [2.45, 2.75) is 19.3 Å². The zero-order valence-corrected chi connectivity index (χ0v) is 14.4. The highest BCUT2D eigenvalue weighted by Gasteiger charge is 2.14. The second kappa shape index (κ2) is 7.43. The number of ether oxygens (including phenoxy) is 2. The van der Waals surface area contributed by atoms with Gasteiger partial charge in [0.2, 0.25) is 0 Å². The lowest BCUT2D eigenvalue weighted by molar-refractivity contribution is 0.0952. The Balaban J connectivity index is 1.32. The van der Waals surface area contributed by atoms with E-state index in [1.165, 1.54) is 0 Å². The van der Waals surface area contributed by atoms with Gasteiger partial charge in [0.15, 0.2) is 17.1 Å². The third-order valence-electron chi connectivity index (χ3n) is 4.26. The molecule has 0 atom stereocenters. The number of rotatable bonds is 5. The Morgan fingerprint density at radius 1 is 1.12 bits per heavy atom. The average Bonchev–Trinajstić information content (AvgIpc) is 2.93. The fourth-order valence-corrected chi connectivity index (χ4v) is 2.92. The monoisotopic (exact) mass is 352 g/mol. The molecule has 1 aliphatic rings. The molecule has 0 bridgehead atoms. The van der Waals surface area contributed by atoms with Crippen LogP contribution in [0.5, 0.6) is 11.5 Å². The largest absolute Gasteiger partial charge is 0.490 e. The van der Waals surface area contributed by atoms with Crippen molar-refractivity contribution in [3.63, 3.8) is 0 Å². The number of hydrogen-bond acceptors (Lipinski definition) is 5. The minimum Gasteiger partial charge on any atom is -0.490 e. The van der Waals surface area contributed by atoms with E-state index in [2.05, 4.69) is 15.5 Å². The van der Waals surface area contributed by atoms with Crippen molar-refractivity contribution in [1.82, 2.24) is 19.9 Å². The van der Waals surface area contributed by atoms with E-state index in [4.69, 9.17) is 9.47 Å². The number of aromatic nitrogens is 3. The summed E-state index contributed by atoms with van der Waals surface area (Å²) in [5.74, 6) is 2.10. The van der Waals surface area contributed by atoms with Gasteiger partial charge < -0.3 is 14.8 Å². The van der Waals surface area contributed by atoms with Gasteiger partial charge in [-0.1, -0.05) is 6.07 Å². The second-order valence-corrected chi connectivity index (χ2v) is 6.12. The van der Waals surface area contributed by atoms with Gasteiger partial charge in [0, 0.05) is 31.1 Å². The molecular formula is C19H20N4O3. The number of pyridine rings is 1. The fourth-order valence-electron chi connectivity index (χ4n) is 2.92. The van der Waals surface area contributed by atoms with E-state index in [1.54, 1.807) is 18.2 Å². The predicted molar refractivity (Wildman–Crippen MR) is 95.7 cm³/mol. The van der Waals surface area contributed by atoms with E-state index in [-0.39, 0.29) is 5.91 Å². The number of amides is 1. The first kappa shape index (κ1) is 16.4. The van der Waals surface area contributed by atoms with Crippen LogP contribution in [-0.2, 0) is 6.42 Å². The molecule has 0 aliphatic carbocycles. The van der Waals surface area contributed by atoms with Gasteiger partial charge >= 0.3 is 0 Å². The SMILES string of the molecule is O=C(NCCCc1nnc2ccccn12)c1ccc2c(c1)OCCCO2. The highest BCUT2D eigenvalue weighted by molar-refractivity contribution is 5.94. The first-order valence-corrected chi connectivity index (χ1v) is 8.78. The molecule has 134 valence electrons. The third kappa shape index (κ3) is 3.46. The quantitative estimate of drug-likeness (QED) is 0.713. The molecule has 3 heterocycles. The number of hydrogen-bond donors (Lipinski definition) is 1. The minimum absolute atomic E-state index is 0.119. The normalized spacial score (nSPS) is 13.4. The summed E-state index contributed by atoms with van der Waals surface area (Å²) < 4.78 is 13.2. The van der Waals surface area contributed by atoms with Gasteiger partial charge in [-0.25, -0.2) is 0 Å². The Morgan fingerprint density at radius 3 is 2.92 bits per heavy atom. The molecule has 1 aliphatic heterocycles. The van der Waals surface area contributed by atoms with Crippen molar-refractivity contribution in [3.05, 3.63) is 54.0 Å². The zero-order chi connectivity index (χ0) is 17.8. The van der Waals surface area contributed by atoms with Crippen LogP contribution < -0.4 is 14.8 Å². The second-order valence-electron chi connectivity index (χ2n) is 6.12. The van der Waals surface area contributed by atoms with E-state index in [1.807, 2.05) is 28.8 Å². The van der Waals surface area contributed by atoms with Gasteiger partial charge in [0.1, 0.15) is 5.82 Å². The standard InChI is InChI=1S/C19H20N4O3/c24-19(14-7-8-15-16(13-14)26-12-4-11-25-15)20-9-3-6-18-22-21-17-5-1-2-10-23(17)18/h1-2,5,7-8,10,13H,3-4,6,9,11-12H2,(H,20,24). The third-order valence-corrected chi connectivity index (χ3v) is 4.26. The summed E-state index contributed by atoms with van der Waals surface area (Å²) in [7, 11) is 0. The molecule has 0 radical (unpaired) electrons. The molecule has 4 rings (SSSR count). The summed E-state index contributed by atoms with van der Waals surface area (Å²) in [6.45, 7) is 1.80. The molecule has 2 aromatic heterocycles. The van der Waals surface area contributed by atoms with Crippen LogP contribution >= 0.6 is 0 Å². The zero-order valence-electron chi connectivity index (χ0n) is 14.4. The van der Waals surface area contributed by atoms with Gasteiger partial charge in [-0.2, -0.15) is 0 Å². The van der Waals surface area contributed by atoms with Crippen LogP contribution in [0.4, 0.5) is 0 Å². The smallest absolute Gasteiger partial charge is 0.251 e. The molecule has 7 heteroatoms. The van der Waals surface area contributed by atoms with Gasteiger partial charge in [-0.05, 0) is 36.8 Å². The topological polar surface area (TPSA) is 77.8 Å². The Morgan fingerprint density at radius 2 is 2.00 bits per heavy atom. The highest BCUT2D eigenvalue weighted by Crippen LogP contribution is 2.30. The summed E-state index contributed by atoms with van der Waals surface area (Å²) in [5, 5.41) is 11.3. The molecule has 1 N–H and O–H groups in total. The summed E-state index contributed by atoms with van der Waals surface area (Å²) >= 11 is 0. The van der Waals surface area contributed by atoms with E-state index in [0.29, 0.717) is 36.8 Å². The Bertz CT molecular complexity index is 922. The Labute approximate surface area is 151 Å². The molecule has 0 saturated carbocycles.